The fourth-order valence-corrected chi connectivity index (χ4v) is 2.88. The molecule has 1 saturated heterocycles. The Bertz CT molecular complexity index is 772. The highest BCUT2D eigenvalue weighted by Gasteiger charge is 2.16. The third-order valence-electron chi connectivity index (χ3n) is 4.11. The van der Waals surface area contributed by atoms with E-state index >= 15 is 0 Å². The summed E-state index contributed by atoms with van der Waals surface area (Å²) in [6, 6.07) is 6.24. The molecule has 3 rings (SSSR count). The molecule has 1 aromatic heterocycles. The summed E-state index contributed by atoms with van der Waals surface area (Å²) in [6.07, 6.45) is 5.66. The fourth-order valence-electron chi connectivity index (χ4n) is 2.76. The number of aromatic nitrogens is 2. The molecule has 1 fully saturated rings. The molecule has 0 bridgehead atoms. The molecular formula is C18H22ClN5O3. The van der Waals surface area contributed by atoms with Gasteiger partial charge in [0.1, 0.15) is 0 Å². The maximum atomic E-state index is 11.9. The smallest absolute Gasteiger partial charge is 0.319 e. The van der Waals surface area contributed by atoms with Crippen molar-refractivity contribution in [3.63, 3.8) is 0 Å². The molecular weight excluding hydrogens is 370 g/mol. The van der Waals surface area contributed by atoms with Crippen LogP contribution in [0, 0.1) is 0 Å². The lowest BCUT2D eigenvalue weighted by Gasteiger charge is -2.09. The van der Waals surface area contributed by atoms with Crippen LogP contribution >= 0.6 is 11.6 Å². The van der Waals surface area contributed by atoms with E-state index in [2.05, 4.69) is 21.0 Å². The van der Waals surface area contributed by atoms with Crippen molar-refractivity contribution in [2.24, 2.45) is 0 Å². The number of rotatable bonds is 7. The highest BCUT2D eigenvalue weighted by Crippen LogP contribution is 2.15. The number of nitrogens with zero attached hydrogens (tertiary/aromatic N) is 2. The predicted molar refractivity (Wildman–Crippen MR) is 102 cm³/mol. The lowest BCUT2D eigenvalue weighted by molar-refractivity contribution is 0.0939. The van der Waals surface area contributed by atoms with E-state index < -0.39 is 0 Å². The number of carbonyl (C=O) groups is 2. The molecule has 0 aliphatic carbocycles. The maximum Gasteiger partial charge on any atom is 0.319 e. The third kappa shape index (κ3) is 5.97. The molecule has 3 amide bonds. The molecule has 2 aromatic rings. The van der Waals surface area contributed by atoms with Gasteiger partial charge in [-0.25, -0.2) is 4.79 Å². The first-order valence-electron chi connectivity index (χ1n) is 8.83. The normalized spacial score (nSPS) is 16.1. The minimum atomic E-state index is -0.354. The molecule has 0 radical (unpaired) electrons. The molecule has 1 aromatic carbocycles. The van der Waals surface area contributed by atoms with Crippen molar-refractivity contribution in [1.29, 1.82) is 0 Å². The minimum Gasteiger partial charge on any atom is -0.376 e. The van der Waals surface area contributed by atoms with Crippen LogP contribution in [0.5, 0.6) is 0 Å². The SMILES string of the molecule is O=C(NCCNC(=O)c1ccc(Cl)cc1)Nc1cnn(CC2CCCO2)c1. The number of urea groups is 1. The Hall–Kier alpha value is -2.58. The van der Waals surface area contributed by atoms with Crippen molar-refractivity contribution in [2.75, 3.05) is 25.0 Å². The van der Waals surface area contributed by atoms with Gasteiger partial charge < -0.3 is 20.7 Å². The molecule has 1 atom stereocenters. The average molecular weight is 392 g/mol. The molecule has 3 N–H and O–H groups in total. The number of benzene rings is 1. The number of amides is 3. The van der Waals surface area contributed by atoms with Crippen LogP contribution in [0.1, 0.15) is 23.2 Å². The van der Waals surface area contributed by atoms with Crippen molar-refractivity contribution in [1.82, 2.24) is 20.4 Å². The van der Waals surface area contributed by atoms with Gasteiger partial charge in [0.05, 0.1) is 24.5 Å². The Balaban J connectivity index is 1.34. The number of ether oxygens (including phenoxy) is 1. The summed E-state index contributed by atoms with van der Waals surface area (Å²) in [4.78, 5) is 23.8. The largest absolute Gasteiger partial charge is 0.376 e. The van der Waals surface area contributed by atoms with Crippen LogP contribution in [-0.2, 0) is 11.3 Å². The highest BCUT2D eigenvalue weighted by molar-refractivity contribution is 6.30. The summed E-state index contributed by atoms with van der Waals surface area (Å²) in [5.74, 6) is -0.218. The molecule has 2 heterocycles. The van der Waals surface area contributed by atoms with Crippen LogP contribution < -0.4 is 16.0 Å². The third-order valence-corrected chi connectivity index (χ3v) is 4.36. The van der Waals surface area contributed by atoms with Gasteiger partial charge in [0.15, 0.2) is 0 Å². The van der Waals surface area contributed by atoms with E-state index in [0.717, 1.165) is 19.4 Å². The van der Waals surface area contributed by atoms with E-state index in [1.165, 1.54) is 0 Å². The van der Waals surface area contributed by atoms with E-state index in [0.29, 0.717) is 35.9 Å². The Morgan fingerprint density at radius 3 is 2.74 bits per heavy atom. The lowest BCUT2D eigenvalue weighted by Crippen LogP contribution is -2.36. The summed E-state index contributed by atoms with van der Waals surface area (Å²) in [5, 5.41) is 12.9. The second kappa shape index (κ2) is 9.38. The van der Waals surface area contributed by atoms with Crippen molar-refractivity contribution >= 4 is 29.2 Å². The maximum absolute atomic E-state index is 11.9. The highest BCUT2D eigenvalue weighted by atomic mass is 35.5. The van der Waals surface area contributed by atoms with Gasteiger partial charge in [0.25, 0.3) is 5.91 Å². The van der Waals surface area contributed by atoms with Gasteiger partial charge >= 0.3 is 6.03 Å². The van der Waals surface area contributed by atoms with E-state index in [1.807, 2.05) is 0 Å². The van der Waals surface area contributed by atoms with Crippen molar-refractivity contribution in [2.45, 2.75) is 25.5 Å². The quantitative estimate of drug-likeness (QED) is 0.630. The molecule has 1 aliphatic heterocycles. The number of nitrogens with one attached hydrogen (secondary N) is 3. The molecule has 0 saturated carbocycles. The molecule has 144 valence electrons. The predicted octanol–water partition coefficient (Wildman–Crippen LogP) is 2.27. The molecule has 8 nitrogen and oxygen atoms in total. The zero-order chi connectivity index (χ0) is 19.1. The molecule has 9 heteroatoms. The van der Waals surface area contributed by atoms with Crippen molar-refractivity contribution in [3.8, 4) is 0 Å². The van der Waals surface area contributed by atoms with Crippen molar-refractivity contribution < 1.29 is 14.3 Å². The van der Waals surface area contributed by atoms with E-state index in [9.17, 15) is 9.59 Å². The first-order chi connectivity index (χ1) is 13.1. The van der Waals surface area contributed by atoms with Gasteiger partial charge in [-0.3, -0.25) is 9.48 Å². The average Bonchev–Trinajstić information content (AvgIpc) is 3.32. The van der Waals surface area contributed by atoms with E-state index in [4.69, 9.17) is 16.3 Å². The first kappa shape index (κ1) is 19.2. The second-order valence-electron chi connectivity index (χ2n) is 6.23. The van der Waals surface area contributed by atoms with Gasteiger partial charge in [0, 0.05) is 36.5 Å². The van der Waals surface area contributed by atoms with Crippen LogP contribution in [0.25, 0.3) is 0 Å². The number of halogens is 1. The van der Waals surface area contributed by atoms with Crippen LogP contribution in [0.3, 0.4) is 0 Å². The van der Waals surface area contributed by atoms with Crippen LogP contribution in [0.4, 0.5) is 10.5 Å². The zero-order valence-electron chi connectivity index (χ0n) is 14.8. The van der Waals surface area contributed by atoms with Gasteiger partial charge in [-0.2, -0.15) is 5.10 Å². The first-order valence-corrected chi connectivity index (χ1v) is 9.20. The second-order valence-corrected chi connectivity index (χ2v) is 6.67. The minimum absolute atomic E-state index is 0.191. The lowest BCUT2D eigenvalue weighted by atomic mass is 10.2. The Morgan fingerprint density at radius 1 is 1.22 bits per heavy atom. The van der Waals surface area contributed by atoms with Crippen LogP contribution in [0.15, 0.2) is 36.7 Å². The summed E-state index contributed by atoms with van der Waals surface area (Å²) < 4.78 is 7.33. The fraction of sp³-hybridized carbons (Fsp3) is 0.389. The van der Waals surface area contributed by atoms with Crippen LogP contribution in [-0.4, -0.2) is 47.5 Å². The van der Waals surface area contributed by atoms with Crippen LogP contribution in [0.2, 0.25) is 5.02 Å². The Labute approximate surface area is 162 Å². The summed E-state index contributed by atoms with van der Waals surface area (Å²) in [7, 11) is 0. The van der Waals surface area contributed by atoms with Gasteiger partial charge in [-0.1, -0.05) is 11.6 Å². The topological polar surface area (TPSA) is 97.3 Å². The number of anilines is 1. The molecule has 1 unspecified atom stereocenters. The monoisotopic (exact) mass is 391 g/mol. The summed E-state index contributed by atoms with van der Waals surface area (Å²) >= 11 is 5.79. The molecule has 27 heavy (non-hydrogen) atoms. The van der Waals surface area contributed by atoms with E-state index in [1.54, 1.807) is 41.3 Å². The summed E-state index contributed by atoms with van der Waals surface area (Å²) in [6.45, 7) is 2.09. The van der Waals surface area contributed by atoms with Gasteiger partial charge in [0.2, 0.25) is 0 Å². The van der Waals surface area contributed by atoms with Gasteiger partial charge in [-0.15, -0.1) is 0 Å². The Kier molecular flexibility index (Phi) is 6.67. The number of carbonyl (C=O) groups excluding carboxylic acids is 2. The van der Waals surface area contributed by atoms with Crippen molar-refractivity contribution in [3.05, 3.63) is 47.2 Å². The van der Waals surface area contributed by atoms with Gasteiger partial charge in [-0.05, 0) is 37.1 Å². The summed E-state index contributed by atoms with van der Waals surface area (Å²) in [5.41, 5.74) is 1.12. The molecule has 0 spiro atoms. The number of hydrogen-bond acceptors (Lipinski definition) is 4. The standard InChI is InChI=1S/C18H22ClN5O3/c19-14-5-3-13(4-6-14)17(25)20-7-8-21-18(26)23-15-10-22-24(11-15)12-16-2-1-9-27-16/h3-6,10-11,16H,1-2,7-9,12H2,(H,20,25)(H2,21,23,26). The zero-order valence-corrected chi connectivity index (χ0v) is 15.5. The molecule has 1 aliphatic rings. The Morgan fingerprint density at radius 2 is 2.00 bits per heavy atom. The number of hydrogen-bond donors (Lipinski definition) is 3. The van der Waals surface area contributed by atoms with E-state index in [-0.39, 0.29) is 18.0 Å².